The summed E-state index contributed by atoms with van der Waals surface area (Å²) in [5.74, 6) is 0.674. The zero-order valence-corrected chi connectivity index (χ0v) is 18.4. The maximum atomic E-state index is 12.5. The quantitative estimate of drug-likeness (QED) is 0.403. The Kier molecular flexibility index (Phi) is 7.66. The molecule has 0 aliphatic heterocycles. The fraction of sp³-hybridized carbons (Fsp3) is 0.273. The normalized spacial score (nSPS) is 11.6. The van der Waals surface area contributed by atoms with Crippen LogP contribution in [0.2, 0.25) is 0 Å². The number of carbonyl (C=O) groups excluding carboxylic acids is 2. The number of benzene rings is 2. The van der Waals surface area contributed by atoms with E-state index in [1.54, 1.807) is 45.2 Å². The Bertz CT molecular complexity index is 1020. The number of nitrogens with one attached hydrogen (secondary N) is 1. The first-order chi connectivity index (χ1) is 15.0. The van der Waals surface area contributed by atoms with Gasteiger partial charge in [0.1, 0.15) is 11.0 Å². The predicted octanol–water partition coefficient (Wildman–Crippen LogP) is 3.25. The Hall–Kier alpha value is -3.33. The standard InChI is InChI=1S/C22H24N4O4S/c1-4-30-21(28)15(2)31-22-25-24-19(26(22)17-8-6-5-7-9-17)14-23-20(27)16-10-12-18(29-3)13-11-16/h5-13,15H,4,14H2,1-3H3,(H,23,27). The van der Waals surface area contributed by atoms with E-state index in [9.17, 15) is 9.59 Å². The van der Waals surface area contributed by atoms with Crippen LogP contribution in [-0.2, 0) is 16.1 Å². The lowest BCUT2D eigenvalue weighted by molar-refractivity contribution is -0.142. The second kappa shape index (κ2) is 10.6. The highest BCUT2D eigenvalue weighted by molar-refractivity contribution is 8.00. The van der Waals surface area contributed by atoms with Crippen LogP contribution >= 0.6 is 11.8 Å². The summed E-state index contributed by atoms with van der Waals surface area (Å²) in [6, 6.07) is 16.4. The second-order valence-electron chi connectivity index (χ2n) is 6.49. The van der Waals surface area contributed by atoms with Crippen LogP contribution in [0.3, 0.4) is 0 Å². The van der Waals surface area contributed by atoms with Gasteiger partial charge >= 0.3 is 5.97 Å². The van der Waals surface area contributed by atoms with E-state index >= 15 is 0 Å². The highest BCUT2D eigenvalue weighted by Crippen LogP contribution is 2.26. The van der Waals surface area contributed by atoms with Crippen molar-refractivity contribution in [3.63, 3.8) is 0 Å². The molecule has 1 heterocycles. The molecule has 0 radical (unpaired) electrons. The van der Waals surface area contributed by atoms with E-state index in [4.69, 9.17) is 9.47 Å². The molecule has 162 valence electrons. The van der Waals surface area contributed by atoms with E-state index in [0.717, 1.165) is 5.69 Å². The monoisotopic (exact) mass is 440 g/mol. The maximum absolute atomic E-state index is 12.5. The highest BCUT2D eigenvalue weighted by Gasteiger charge is 2.22. The number of para-hydroxylation sites is 1. The largest absolute Gasteiger partial charge is 0.497 e. The van der Waals surface area contributed by atoms with E-state index in [1.165, 1.54) is 11.8 Å². The minimum atomic E-state index is -0.451. The van der Waals surface area contributed by atoms with E-state index in [0.29, 0.717) is 28.9 Å². The molecule has 0 fully saturated rings. The summed E-state index contributed by atoms with van der Waals surface area (Å²) in [5.41, 5.74) is 1.34. The molecular weight excluding hydrogens is 416 g/mol. The average molecular weight is 441 g/mol. The summed E-state index contributed by atoms with van der Waals surface area (Å²) in [4.78, 5) is 24.6. The first-order valence-electron chi connectivity index (χ1n) is 9.78. The van der Waals surface area contributed by atoms with Gasteiger partial charge in [-0.15, -0.1) is 10.2 Å². The van der Waals surface area contributed by atoms with Gasteiger partial charge < -0.3 is 14.8 Å². The van der Waals surface area contributed by atoms with Crippen molar-refractivity contribution in [2.24, 2.45) is 0 Å². The molecule has 8 nitrogen and oxygen atoms in total. The third kappa shape index (κ3) is 5.64. The lowest BCUT2D eigenvalue weighted by Crippen LogP contribution is -2.24. The van der Waals surface area contributed by atoms with Gasteiger partial charge in [0.25, 0.3) is 5.91 Å². The molecule has 0 aliphatic carbocycles. The first kappa shape index (κ1) is 22.4. The molecule has 0 spiro atoms. The third-order valence-corrected chi connectivity index (χ3v) is 5.40. The van der Waals surface area contributed by atoms with Crippen LogP contribution in [0.1, 0.15) is 30.0 Å². The molecule has 0 aliphatic rings. The number of amides is 1. The summed E-state index contributed by atoms with van der Waals surface area (Å²) in [7, 11) is 1.57. The lowest BCUT2D eigenvalue weighted by Gasteiger charge is -2.13. The highest BCUT2D eigenvalue weighted by atomic mass is 32.2. The molecule has 1 N–H and O–H groups in total. The molecule has 0 bridgehead atoms. The van der Waals surface area contributed by atoms with Crippen LogP contribution in [-0.4, -0.2) is 45.6 Å². The Morgan fingerprint density at radius 1 is 1.10 bits per heavy atom. The third-order valence-electron chi connectivity index (χ3n) is 4.37. The number of methoxy groups -OCH3 is 1. The van der Waals surface area contributed by atoms with Gasteiger partial charge in [-0.25, -0.2) is 0 Å². The Labute approximate surface area is 185 Å². The van der Waals surface area contributed by atoms with E-state index < -0.39 is 5.25 Å². The van der Waals surface area contributed by atoms with E-state index in [2.05, 4.69) is 15.5 Å². The Morgan fingerprint density at radius 2 is 1.81 bits per heavy atom. The summed E-state index contributed by atoms with van der Waals surface area (Å²) in [6.45, 7) is 4.02. The first-order valence-corrected chi connectivity index (χ1v) is 10.7. The van der Waals surface area contributed by atoms with Gasteiger partial charge in [0.15, 0.2) is 11.0 Å². The predicted molar refractivity (Wildman–Crippen MR) is 117 cm³/mol. The van der Waals surface area contributed by atoms with Gasteiger partial charge in [-0.1, -0.05) is 30.0 Å². The number of rotatable bonds is 9. The molecule has 0 saturated carbocycles. The molecule has 9 heteroatoms. The average Bonchev–Trinajstić information content (AvgIpc) is 3.20. The minimum Gasteiger partial charge on any atom is -0.497 e. The van der Waals surface area contributed by atoms with Gasteiger partial charge in [0, 0.05) is 11.3 Å². The molecule has 3 aromatic rings. The van der Waals surface area contributed by atoms with Gasteiger partial charge in [-0.3, -0.25) is 14.2 Å². The van der Waals surface area contributed by atoms with Gasteiger partial charge in [-0.05, 0) is 50.2 Å². The molecular formula is C22H24N4O4S. The van der Waals surface area contributed by atoms with Crippen LogP contribution < -0.4 is 10.1 Å². The van der Waals surface area contributed by atoms with Gasteiger partial charge in [0.05, 0.1) is 20.3 Å². The van der Waals surface area contributed by atoms with Gasteiger partial charge in [0.2, 0.25) is 0 Å². The lowest BCUT2D eigenvalue weighted by atomic mass is 10.2. The molecule has 1 aromatic heterocycles. The number of ether oxygens (including phenoxy) is 2. The van der Waals surface area contributed by atoms with E-state index in [1.807, 2.05) is 34.9 Å². The topological polar surface area (TPSA) is 95.3 Å². The van der Waals surface area contributed by atoms with Crippen molar-refractivity contribution in [1.82, 2.24) is 20.1 Å². The zero-order valence-electron chi connectivity index (χ0n) is 17.6. The van der Waals surface area contributed by atoms with Gasteiger partial charge in [-0.2, -0.15) is 0 Å². The molecule has 2 aromatic carbocycles. The summed E-state index contributed by atoms with van der Waals surface area (Å²) < 4.78 is 12.0. The van der Waals surface area contributed by atoms with Crippen LogP contribution in [0.15, 0.2) is 59.8 Å². The van der Waals surface area contributed by atoms with E-state index in [-0.39, 0.29) is 18.4 Å². The number of carbonyl (C=O) groups is 2. The van der Waals surface area contributed by atoms with Crippen molar-refractivity contribution >= 4 is 23.6 Å². The van der Waals surface area contributed by atoms with Crippen molar-refractivity contribution in [3.05, 3.63) is 66.0 Å². The maximum Gasteiger partial charge on any atom is 0.319 e. The molecule has 1 atom stereocenters. The smallest absolute Gasteiger partial charge is 0.319 e. The minimum absolute atomic E-state index is 0.168. The number of hydrogen-bond donors (Lipinski definition) is 1. The van der Waals surface area contributed by atoms with Crippen LogP contribution in [0.5, 0.6) is 5.75 Å². The number of nitrogens with zero attached hydrogens (tertiary/aromatic N) is 3. The van der Waals surface area contributed by atoms with Crippen LogP contribution in [0.25, 0.3) is 5.69 Å². The SMILES string of the molecule is CCOC(=O)C(C)Sc1nnc(CNC(=O)c2ccc(OC)cc2)n1-c1ccccc1. The summed E-state index contributed by atoms with van der Waals surface area (Å²) >= 11 is 1.26. The van der Waals surface area contributed by atoms with Crippen LogP contribution in [0, 0.1) is 0 Å². The van der Waals surface area contributed by atoms with Crippen molar-refractivity contribution in [2.45, 2.75) is 30.8 Å². The second-order valence-corrected chi connectivity index (χ2v) is 7.80. The van der Waals surface area contributed by atoms with Crippen LogP contribution in [0.4, 0.5) is 0 Å². The number of hydrogen-bond acceptors (Lipinski definition) is 7. The molecule has 1 unspecified atom stereocenters. The Morgan fingerprint density at radius 3 is 2.45 bits per heavy atom. The number of aromatic nitrogens is 3. The van der Waals surface area contributed by atoms with Crippen molar-refractivity contribution in [1.29, 1.82) is 0 Å². The fourth-order valence-corrected chi connectivity index (χ4v) is 3.68. The van der Waals surface area contributed by atoms with Crippen molar-refractivity contribution in [2.75, 3.05) is 13.7 Å². The number of esters is 1. The fourth-order valence-electron chi connectivity index (χ4n) is 2.80. The summed E-state index contributed by atoms with van der Waals surface area (Å²) in [5, 5.41) is 11.5. The Balaban J connectivity index is 1.80. The van der Waals surface area contributed by atoms with Crippen molar-refractivity contribution in [3.8, 4) is 11.4 Å². The molecule has 3 rings (SSSR count). The molecule has 0 saturated heterocycles. The molecule has 1 amide bonds. The van der Waals surface area contributed by atoms with Crippen molar-refractivity contribution < 1.29 is 19.1 Å². The molecule has 31 heavy (non-hydrogen) atoms. The summed E-state index contributed by atoms with van der Waals surface area (Å²) in [6.07, 6.45) is 0. The zero-order chi connectivity index (χ0) is 22.2. The number of thioether (sulfide) groups is 1.